The molecule has 7 aromatic carbocycles. The van der Waals surface area contributed by atoms with Gasteiger partial charge >= 0.3 is 0 Å². The molecule has 10 rings (SSSR count). The van der Waals surface area contributed by atoms with Crippen molar-refractivity contribution in [3.05, 3.63) is 186 Å². The molecule has 2 aliphatic carbocycles. The molecule has 0 N–H and O–H groups in total. The van der Waals surface area contributed by atoms with E-state index in [1.165, 1.54) is 88.3 Å². The van der Waals surface area contributed by atoms with E-state index in [1.54, 1.807) is 0 Å². The molecule has 0 aliphatic heterocycles. The van der Waals surface area contributed by atoms with Crippen LogP contribution in [0.5, 0.6) is 0 Å². The van der Waals surface area contributed by atoms with Crippen LogP contribution in [0.2, 0.25) is 0 Å². The van der Waals surface area contributed by atoms with Crippen LogP contribution in [0, 0.1) is 0 Å². The van der Waals surface area contributed by atoms with E-state index in [1.807, 2.05) is 12.4 Å². The molecule has 0 saturated carbocycles. The van der Waals surface area contributed by atoms with Crippen LogP contribution < -0.4 is 0 Å². The van der Waals surface area contributed by atoms with Gasteiger partial charge in [0.2, 0.25) is 0 Å². The predicted octanol–water partition coefficient (Wildman–Crippen LogP) is 11.1. The molecule has 1 heterocycles. The maximum atomic E-state index is 4.18. The van der Waals surface area contributed by atoms with E-state index < -0.39 is 5.41 Å². The lowest BCUT2D eigenvalue weighted by Crippen LogP contribution is -2.31. The number of benzene rings is 7. The van der Waals surface area contributed by atoms with E-state index in [0.29, 0.717) is 0 Å². The molecule has 1 nitrogen and oxygen atoms in total. The minimum atomic E-state index is -0.400. The highest BCUT2D eigenvalue weighted by Gasteiger charge is 2.50. The summed E-state index contributed by atoms with van der Waals surface area (Å²) in [5.41, 5.74) is 15.2. The molecule has 1 aromatic heterocycles. The quantitative estimate of drug-likeness (QED) is 0.202. The number of hydrogen-bond donors (Lipinski definition) is 0. The number of fused-ring (bicyclic) bond motifs is 10. The van der Waals surface area contributed by atoms with Crippen molar-refractivity contribution < 1.29 is 0 Å². The summed E-state index contributed by atoms with van der Waals surface area (Å²) in [7, 11) is 0. The highest BCUT2D eigenvalue weighted by atomic mass is 14.6. The molecule has 0 amide bonds. The Kier molecular flexibility index (Phi) is 4.99. The van der Waals surface area contributed by atoms with Gasteiger partial charge in [0.15, 0.2) is 0 Å². The van der Waals surface area contributed by atoms with E-state index in [-0.39, 0.29) is 0 Å². The summed E-state index contributed by atoms with van der Waals surface area (Å²) < 4.78 is 0. The van der Waals surface area contributed by atoms with Crippen LogP contribution >= 0.6 is 0 Å². The normalized spacial score (nSPS) is 15.6. The number of hydrogen-bond acceptors (Lipinski definition) is 1. The Morgan fingerprint density at radius 1 is 0.333 bits per heavy atom. The lowest BCUT2D eigenvalue weighted by Gasteiger charge is -2.40. The first-order chi connectivity index (χ1) is 22.3. The fraction of sp³-hybridized carbons (Fsp3) is 0.0227. The minimum Gasteiger partial charge on any atom is -0.265 e. The fourth-order valence-electron chi connectivity index (χ4n) is 8.26. The standard InChI is InChI=1S/C44H27N/c1-3-12-39-35(9-1)37-20-19-34(33-18-17-31-25-30(15-16-32(31)26-33)28-21-23-45-24-22-28)27-42(37)44(39)40-13-4-2-10-36(40)38-11-5-7-29-8-6-14-41(44)43(29)38/h1-27H. The topological polar surface area (TPSA) is 12.9 Å². The van der Waals surface area contributed by atoms with Gasteiger partial charge in [0, 0.05) is 12.4 Å². The molecule has 1 spiro atoms. The van der Waals surface area contributed by atoms with Crippen LogP contribution in [0.3, 0.4) is 0 Å². The van der Waals surface area contributed by atoms with Gasteiger partial charge < -0.3 is 0 Å². The Labute approximate surface area is 262 Å². The Bertz CT molecular complexity index is 2480. The van der Waals surface area contributed by atoms with Gasteiger partial charge in [-0.3, -0.25) is 4.98 Å². The van der Waals surface area contributed by atoms with Gasteiger partial charge in [0.1, 0.15) is 0 Å². The largest absolute Gasteiger partial charge is 0.265 e. The molecule has 1 unspecified atom stereocenters. The average Bonchev–Trinajstić information content (AvgIpc) is 3.40. The Balaban J connectivity index is 1.23. The van der Waals surface area contributed by atoms with Crippen molar-refractivity contribution in [2.45, 2.75) is 5.41 Å². The lowest BCUT2D eigenvalue weighted by atomic mass is 9.61. The smallest absolute Gasteiger partial charge is 0.0725 e. The van der Waals surface area contributed by atoms with Crippen LogP contribution in [0.15, 0.2) is 164 Å². The molecule has 8 aromatic rings. The van der Waals surface area contributed by atoms with E-state index in [9.17, 15) is 0 Å². The summed E-state index contributed by atoms with van der Waals surface area (Å²) >= 11 is 0. The van der Waals surface area contributed by atoms with Gasteiger partial charge in [0.05, 0.1) is 5.41 Å². The molecule has 1 heteroatoms. The van der Waals surface area contributed by atoms with E-state index in [4.69, 9.17) is 0 Å². The lowest BCUT2D eigenvalue weighted by molar-refractivity contribution is 0.774. The van der Waals surface area contributed by atoms with Crippen LogP contribution in [-0.2, 0) is 5.41 Å². The van der Waals surface area contributed by atoms with Gasteiger partial charge in [-0.25, -0.2) is 0 Å². The summed E-state index contributed by atoms with van der Waals surface area (Å²) in [5.74, 6) is 0. The first-order valence-electron chi connectivity index (χ1n) is 15.6. The Hall–Kier alpha value is -5.79. The molecule has 1 atom stereocenters. The molecule has 2 aliphatic rings. The summed E-state index contributed by atoms with van der Waals surface area (Å²) in [6.45, 7) is 0. The Morgan fingerprint density at radius 3 is 1.60 bits per heavy atom. The van der Waals surface area contributed by atoms with E-state index in [0.717, 1.165) is 0 Å². The number of aromatic nitrogens is 1. The zero-order chi connectivity index (χ0) is 29.5. The second kappa shape index (κ2) is 9.11. The third-order valence-electron chi connectivity index (χ3n) is 10.2. The van der Waals surface area contributed by atoms with Gasteiger partial charge in [-0.05, 0) is 119 Å². The van der Waals surface area contributed by atoms with Crippen molar-refractivity contribution in [3.63, 3.8) is 0 Å². The molecule has 0 saturated heterocycles. The van der Waals surface area contributed by atoms with Gasteiger partial charge in [0.25, 0.3) is 0 Å². The van der Waals surface area contributed by atoms with Crippen molar-refractivity contribution >= 4 is 21.5 Å². The van der Waals surface area contributed by atoms with Crippen LogP contribution in [0.1, 0.15) is 22.3 Å². The predicted molar refractivity (Wildman–Crippen MR) is 186 cm³/mol. The first kappa shape index (κ1) is 24.6. The highest BCUT2D eigenvalue weighted by molar-refractivity contribution is 6.07. The van der Waals surface area contributed by atoms with E-state index >= 15 is 0 Å². The molecule has 45 heavy (non-hydrogen) atoms. The van der Waals surface area contributed by atoms with Crippen molar-refractivity contribution in [3.8, 4) is 44.5 Å². The first-order valence-corrected chi connectivity index (χ1v) is 15.6. The van der Waals surface area contributed by atoms with Gasteiger partial charge in [-0.15, -0.1) is 0 Å². The SMILES string of the molecule is c1ccc2c(c1)-c1ccc(-c3ccc4cc(-c5ccncc5)ccc4c3)cc1C21c2ccccc2-c2cccc3cccc1c23. The van der Waals surface area contributed by atoms with Crippen molar-refractivity contribution in [2.75, 3.05) is 0 Å². The zero-order valence-electron chi connectivity index (χ0n) is 24.5. The minimum absolute atomic E-state index is 0.400. The van der Waals surface area contributed by atoms with Gasteiger partial charge in [-0.2, -0.15) is 0 Å². The third-order valence-corrected chi connectivity index (χ3v) is 10.2. The second-order valence-corrected chi connectivity index (χ2v) is 12.3. The molecule has 208 valence electrons. The summed E-state index contributed by atoms with van der Waals surface area (Å²) in [6, 6.07) is 56.7. The molecular weight excluding hydrogens is 542 g/mol. The summed E-state index contributed by atoms with van der Waals surface area (Å²) in [5, 5.41) is 5.14. The zero-order valence-corrected chi connectivity index (χ0v) is 24.5. The Morgan fingerprint density at radius 2 is 0.867 bits per heavy atom. The monoisotopic (exact) mass is 569 g/mol. The fourth-order valence-corrected chi connectivity index (χ4v) is 8.26. The summed E-state index contributed by atoms with van der Waals surface area (Å²) in [6.07, 6.45) is 3.70. The number of nitrogens with zero attached hydrogens (tertiary/aromatic N) is 1. The van der Waals surface area contributed by atoms with Crippen LogP contribution in [-0.4, -0.2) is 4.98 Å². The van der Waals surface area contributed by atoms with Crippen molar-refractivity contribution in [2.24, 2.45) is 0 Å². The molecule has 0 bridgehead atoms. The van der Waals surface area contributed by atoms with Crippen LogP contribution in [0.25, 0.3) is 66.1 Å². The highest BCUT2D eigenvalue weighted by Crippen LogP contribution is 2.62. The molecule has 0 radical (unpaired) electrons. The number of rotatable bonds is 2. The van der Waals surface area contributed by atoms with Gasteiger partial charge in [-0.1, -0.05) is 121 Å². The van der Waals surface area contributed by atoms with Crippen molar-refractivity contribution in [1.29, 1.82) is 0 Å². The van der Waals surface area contributed by atoms with Crippen molar-refractivity contribution in [1.82, 2.24) is 4.98 Å². The molecule has 0 fully saturated rings. The maximum Gasteiger partial charge on any atom is 0.0725 e. The number of pyridine rings is 1. The maximum absolute atomic E-state index is 4.18. The summed E-state index contributed by atoms with van der Waals surface area (Å²) in [4.78, 5) is 4.18. The third kappa shape index (κ3) is 3.30. The van der Waals surface area contributed by atoms with E-state index in [2.05, 4.69) is 157 Å². The average molecular weight is 570 g/mol. The van der Waals surface area contributed by atoms with Crippen LogP contribution in [0.4, 0.5) is 0 Å². The molecular formula is C44H27N. The second-order valence-electron chi connectivity index (χ2n) is 12.3.